The number of nitrogens with two attached hydrogens (primary N) is 1. The number of carbonyl (C=O) groups is 1. The molecule has 0 radical (unpaired) electrons. The predicted octanol–water partition coefficient (Wildman–Crippen LogP) is 1.75. The van der Waals surface area contributed by atoms with E-state index in [0.717, 1.165) is 3.57 Å². The molecular weight excluding hydrogens is 351 g/mol. The van der Waals surface area contributed by atoms with Gasteiger partial charge in [-0.1, -0.05) is 12.2 Å². The van der Waals surface area contributed by atoms with E-state index in [-0.39, 0.29) is 28.8 Å². The third kappa shape index (κ3) is 3.81. The molecule has 0 bridgehead atoms. The Morgan fingerprint density at radius 3 is 2.76 bits per heavy atom. The minimum absolute atomic E-state index is 0.0307. The maximum Gasteiger partial charge on any atom is 0.258 e. The van der Waals surface area contributed by atoms with Crippen LogP contribution in [0.25, 0.3) is 0 Å². The molecule has 0 aliphatic heterocycles. The quantitative estimate of drug-likeness (QED) is 0.631. The summed E-state index contributed by atoms with van der Waals surface area (Å²) in [5, 5.41) is 9.67. The van der Waals surface area contributed by atoms with Crippen molar-refractivity contribution < 1.29 is 9.90 Å². The summed E-state index contributed by atoms with van der Waals surface area (Å²) in [5.74, 6) is -0.298. The molecule has 0 spiro atoms. The minimum Gasteiger partial charge on any atom is -0.507 e. The van der Waals surface area contributed by atoms with E-state index in [0.29, 0.717) is 6.54 Å². The van der Waals surface area contributed by atoms with Crippen molar-refractivity contribution in [3.05, 3.63) is 27.3 Å². The molecule has 3 N–H and O–H groups in total. The van der Waals surface area contributed by atoms with Crippen LogP contribution in [0.2, 0.25) is 0 Å². The zero-order valence-corrected chi connectivity index (χ0v) is 12.3. The smallest absolute Gasteiger partial charge is 0.258 e. The second-order valence-corrected chi connectivity index (χ2v) is 5.22. The van der Waals surface area contributed by atoms with E-state index in [1.54, 1.807) is 12.1 Å². The van der Waals surface area contributed by atoms with Gasteiger partial charge in [0.15, 0.2) is 0 Å². The highest BCUT2D eigenvalue weighted by atomic mass is 127. The first-order valence-electron chi connectivity index (χ1n) is 5.01. The van der Waals surface area contributed by atoms with Crippen molar-refractivity contribution in [2.24, 2.45) is 5.73 Å². The van der Waals surface area contributed by atoms with Crippen molar-refractivity contribution in [3.8, 4) is 5.75 Å². The summed E-state index contributed by atoms with van der Waals surface area (Å²) in [6.45, 7) is 2.54. The summed E-state index contributed by atoms with van der Waals surface area (Å²) in [5.41, 5.74) is 5.70. The van der Waals surface area contributed by atoms with E-state index >= 15 is 0 Å². The largest absolute Gasteiger partial charge is 0.507 e. The van der Waals surface area contributed by atoms with Crippen LogP contribution in [0, 0.1) is 3.57 Å². The van der Waals surface area contributed by atoms with Gasteiger partial charge in [0.2, 0.25) is 0 Å². The third-order valence-electron chi connectivity index (χ3n) is 2.20. The Morgan fingerprint density at radius 2 is 2.24 bits per heavy atom. The van der Waals surface area contributed by atoms with Gasteiger partial charge in [-0.25, -0.2) is 0 Å². The molecule has 1 aromatic carbocycles. The first-order chi connectivity index (χ1) is 7.95. The van der Waals surface area contributed by atoms with Gasteiger partial charge in [-0.15, -0.1) is 0 Å². The number of carbonyl (C=O) groups excluding carboxylic acids is 1. The molecular formula is C11H13IN2O2S. The van der Waals surface area contributed by atoms with Gasteiger partial charge in [0.05, 0.1) is 17.1 Å². The number of phenols is 1. The van der Waals surface area contributed by atoms with E-state index in [1.165, 1.54) is 11.0 Å². The lowest BCUT2D eigenvalue weighted by molar-refractivity contribution is 0.0785. The van der Waals surface area contributed by atoms with Crippen molar-refractivity contribution in [3.63, 3.8) is 0 Å². The molecule has 0 atom stereocenters. The van der Waals surface area contributed by atoms with Crippen LogP contribution in [-0.2, 0) is 0 Å². The van der Waals surface area contributed by atoms with Crippen LogP contribution in [0.1, 0.15) is 17.3 Å². The second-order valence-electron chi connectivity index (χ2n) is 3.45. The van der Waals surface area contributed by atoms with E-state index in [2.05, 4.69) is 22.6 Å². The zero-order chi connectivity index (χ0) is 13.0. The topological polar surface area (TPSA) is 66.6 Å². The SMILES string of the molecule is CCN(CC(N)=S)C(=O)c1cc(I)ccc1O. The van der Waals surface area contributed by atoms with Crippen molar-refractivity contribution in [1.29, 1.82) is 0 Å². The summed E-state index contributed by atoms with van der Waals surface area (Å²) >= 11 is 6.87. The Balaban J connectivity index is 3.01. The maximum absolute atomic E-state index is 12.1. The highest BCUT2D eigenvalue weighted by Crippen LogP contribution is 2.21. The summed E-state index contributed by atoms with van der Waals surface area (Å²) in [7, 11) is 0. The highest BCUT2D eigenvalue weighted by molar-refractivity contribution is 14.1. The number of halogens is 1. The Hall–Kier alpha value is -0.890. The minimum atomic E-state index is -0.267. The lowest BCUT2D eigenvalue weighted by atomic mass is 10.1. The van der Waals surface area contributed by atoms with Crippen molar-refractivity contribution in [2.75, 3.05) is 13.1 Å². The normalized spacial score (nSPS) is 10.0. The standard InChI is InChI=1S/C11H13IN2O2S/c1-2-14(6-10(13)17)11(16)8-5-7(12)3-4-9(8)15/h3-5,15H,2,6H2,1H3,(H2,13,17). The molecule has 0 heterocycles. The van der Waals surface area contributed by atoms with Gasteiger partial charge in [0, 0.05) is 10.1 Å². The number of nitrogens with zero attached hydrogens (tertiary/aromatic N) is 1. The van der Waals surface area contributed by atoms with E-state index in [1.807, 2.05) is 6.92 Å². The summed E-state index contributed by atoms with van der Waals surface area (Å²) in [4.78, 5) is 13.9. The number of thiocarbonyl (C=S) groups is 1. The molecule has 1 amide bonds. The summed E-state index contributed by atoms with van der Waals surface area (Å²) < 4.78 is 0.884. The number of amides is 1. The first-order valence-corrected chi connectivity index (χ1v) is 6.50. The molecule has 6 heteroatoms. The molecule has 0 saturated heterocycles. The van der Waals surface area contributed by atoms with Gasteiger partial charge in [-0.05, 0) is 47.7 Å². The monoisotopic (exact) mass is 364 g/mol. The average molecular weight is 364 g/mol. The molecule has 4 nitrogen and oxygen atoms in total. The van der Waals surface area contributed by atoms with Crippen molar-refractivity contribution in [2.45, 2.75) is 6.92 Å². The van der Waals surface area contributed by atoms with Crippen molar-refractivity contribution in [1.82, 2.24) is 4.90 Å². The van der Waals surface area contributed by atoms with Gasteiger partial charge in [0.25, 0.3) is 5.91 Å². The molecule has 0 fully saturated rings. The van der Waals surface area contributed by atoms with Crippen LogP contribution in [0.5, 0.6) is 5.75 Å². The molecule has 1 aromatic rings. The van der Waals surface area contributed by atoms with Gasteiger partial charge in [-0.2, -0.15) is 0 Å². The zero-order valence-electron chi connectivity index (χ0n) is 9.31. The number of phenolic OH excluding ortho intramolecular Hbond substituents is 1. The fourth-order valence-electron chi connectivity index (χ4n) is 1.37. The Bertz CT molecular complexity index is 451. The average Bonchev–Trinajstić information content (AvgIpc) is 2.28. The van der Waals surface area contributed by atoms with Crippen LogP contribution in [0.4, 0.5) is 0 Å². The number of benzene rings is 1. The third-order valence-corrected chi connectivity index (χ3v) is 3.00. The fraction of sp³-hybridized carbons (Fsp3) is 0.273. The maximum atomic E-state index is 12.1. The van der Waals surface area contributed by atoms with Gasteiger partial charge >= 0.3 is 0 Å². The molecule has 17 heavy (non-hydrogen) atoms. The number of rotatable bonds is 4. The van der Waals surface area contributed by atoms with Crippen LogP contribution >= 0.6 is 34.8 Å². The number of aromatic hydroxyl groups is 1. The second kappa shape index (κ2) is 6.15. The Labute approximate surface area is 119 Å². The summed E-state index contributed by atoms with van der Waals surface area (Å²) in [6, 6.07) is 4.88. The molecule has 1 rings (SSSR count). The highest BCUT2D eigenvalue weighted by Gasteiger charge is 2.18. The number of likely N-dealkylation sites (N-methyl/N-ethyl adjacent to an activating group) is 1. The Kier molecular flexibility index (Phi) is 5.13. The molecule has 0 saturated carbocycles. The van der Waals surface area contributed by atoms with Gasteiger partial charge < -0.3 is 15.7 Å². The van der Waals surface area contributed by atoms with Crippen LogP contribution in [0.3, 0.4) is 0 Å². The fourth-order valence-corrected chi connectivity index (χ4v) is 2.01. The Morgan fingerprint density at radius 1 is 1.59 bits per heavy atom. The van der Waals surface area contributed by atoms with Crippen LogP contribution < -0.4 is 5.73 Å². The molecule has 0 unspecified atom stereocenters. The van der Waals surface area contributed by atoms with Crippen LogP contribution in [0.15, 0.2) is 18.2 Å². The van der Waals surface area contributed by atoms with E-state index < -0.39 is 0 Å². The van der Waals surface area contributed by atoms with Crippen LogP contribution in [-0.4, -0.2) is 34.0 Å². The molecule has 0 aromatic heterocycles. The lowest BCUT2D eigenvalue weighted by Crippen LogP contribution is -2.37. The molecule has 0 aliphatic rings. The van der Waals surface area contributed by atoms with E-state index in [4.69, 9.17) is 18.0 Å². The number of hydrogen-bond acceptors (Lipinski definition) is 3. The van der Waals surface area contributed by atoms with Crippen molar-refractivity contribution >= 4 is 45.7 Å². The van der Waals surface area contributed by atoms with Gasteiger partial charge in [0.1, 0.15) is 5.75 Å². The first kappa shape index (κ1) is 14.2. The van der Waals surface area contributed by atoms with Gasteiger partial charge in [-0.3, -0.25) is 4.79 Å². The molecule has 92 valence electrons. The predicted molar refractivity (Wildman–Crippen MR) is 79.2 cm³/mol. The molecule has 0 aliphatic carbocycles. The van der Waals surface area contributed by atoms with E-state index in [9.17, 15) is 9.90 Å². The summed E-state index contributed by atoms with van der Waals surface area (Å²) in [6.07, 6.45) is 0. The lowest BCUT2D eigenvalue weighted by Gasteiger charge is -2.20. The number of hydrogen-bond donors (Lipinski definition) is 2.